The second-order valence-corrected chi connectivity index (χ2v) is 5.43. The molecule has 1 fully saturated rings. The highest BCUT2D eigenvalue weighted by atomic mass is 32.2. The summed E-state index contributed by atoms with van der Waals surface area (Å²) in [6.07, 6.45) is 5.71. The van der Waals surface area contributed by atoms with Gasteiger partial charge in [-0.25, -0.2) is 0 Å². The number of unbranched alkanes of at least 4 members (excludes halogenated alkanes) is 1. The Morgan fingerprint density at radius 3 is 2.83 bits per heavy atom. The van der Waals surface area contributed by atoms with Gasteiger partial charge >= 0.3 is 5.97 Å². The van der Waals surface area contributed by atoms with Crippen molar-refractivity contribution in [2.75, 3.05) is 6.54 Å². The molecule has 0 spiro atoms. The lowest BCUT2D eigenvalue weighted by Gasteiger charge is -2.13. The maximum atomic E-state index is 12.0. The van der Waals surface area contributed by atoms with E-state index in [0.717, 1.165) is 12.8 Å². The largest absolute Gasteiger partial charge is 0.481 e. The van der Waals surface area contributed by atoms with Gasteiger partial charge in [-0.15, -0.1) is 6.58 Å². The summed E-state index contributed by atoms with van der Waals surface area (Å²) in [5.74, 6) is -0.971. The van der Waals surface area contributed by atoms with E-state index in [-0.39, 0.29) is 12.3 Å². The van der Waals surface area contributed by atoms with E-state index in [1.807, 2.05) is 6.08 Å². The molecule has 6 heteroatoms. The topological polar surface area (TPSA) is 57.6 Å². The third-order valence-electron chi connectivity index (χ3n) is 2.35. The maximum absolute atomic E-state index is 12.0. The van der Waals surface area contributed by atoms with Crippen molar-refractivity contribution < 1.29 is 14.7 Å². The lowest BCUT2D eigenvalue weighted by atomic mass is 10.2. The predicted molar refractivity (Wildman–Crippen MR) is 76.3 cm³/mol. The van der Waals surface area contributed by atoms with Gasteiger partial charge in [0, 0.05) is 13.0 Å². The van der Waals surface area contributed by atoms with Crippen LogP contribution >= 0.6 is 24.0 Å². The Kier molecular flexibility index (Phi) is 6.07. The van der Waals surface area contributed by atoms with E-state index in [0.29, 0.717) is 22.2 Å². The lowest BCUT2D eigenvalue weighted by molar-refractivity contribution is -0.137. The number of nitrogens with zero attached hydrogens (tertiary/aromatic N) is 1. The molecule has 1 aliphatic heterocycles. The number of thioether (sulfide) groups is 1. The van der Waals surface area contributed by atoms with E-state index >= 15 is 0 Å². The normalized spacial score (nSPS) is 17.6. The van der Waals surface area contributed by atoms with Crippen molar-refractivity contribution in [2.45, 2.75) is 25.7 Å². The summed E-state index contributed by atoms with van der Waals surface area (Å²) in [6, 6.07) is 0. The molecular formula is C12H15NO3S2. The Morgan fingerprint density at radius 1 is 1.50 bits per heavy atom. The van der Waals surface area contributed by atoms with Gasteiger partial charge in [-0.05, 0) is 19.3 Å². The Balaban J connectivity index is 2.53. The fourth-order valence-electron chi connectivity index (χ4n) is 1.45. The van der Waals surface area contributed by atoms with Crippen molar-refractivity contribution in [3.8, 4) is 0 Å². The number of carboxylic acids is 1. The third-order valence-corrected chi connectivity index (χ3v) is 3.77. The van der Waals surface area contributed by atoms with Crippen LogP contribution in [0.5, 0.6) is 0 Å². The van der Waals surface area contributed by atoms with Gasteiger partial charge in [0.25, 0.3) is 5.91 Å². The summed E-state index contributed by atoms with van der Waals surface area (Å²) in [4.78, 5) is 24.5. The second kappa shape index (κ2) is 7.33. The molecule has 0 unspecified atom stereocenters. The number of carboxylic acid groups (broad SMARTS) is 1. The number of hydrogen-bond donors (Lipinski definition) is 1. The van der Waals surface area contributed by atoms with Gasteiger partial charge in [-0.2, -0.15) is 0 Å². The van der Waals surface area contributed by atoms with E-state index in [4.69, 9.17) is 17.3 Å². The molecule has 1 amide bonds. The van der Waals surface area contributed by atoms with Crippen LogP contribution in [0.2, 0.25) is 0 Å². The molecule has 0 aromatic rings. The molecule has 0 saturated carbocycles. The Labute approximate surface area is 116 Å². The number of hydrogen-bond acceptors (Lipinski definition) is 4. The molecule has 0 aromatic carbocycles. The smallest absolute Gasteiger partial charge is 0.303 e. The van der Waals surface area contributed by atoms with Crippen molar-refractivity contribution in [1.82, 2.24) is 4.90 Å². The maximum Gasteiger partial charge on any atom is 0.303 e. The van der Waals surface area contributed by atoms with Crippen molar-refractivity contribution >= 4 is 40.2 Å². The quantitative estimate of drug-likeness (QED) is 0.337. The molecule has 4 nitrogen and oxygen atoms in total. The van der Waals surface area contributed by atoms with E-state index in [9.17, 15) is 9.59 Å². The number of rotatable bonds is 7. The highest BCUT2D eigenvalue weighted by Crippen LogP contribution is 2.31. The number of carbonyl (C=O) groups excluding carboxylic acids is 1. The van der Waals surface area contributed by atoms with E-state index < -0.39 is 5.97 Å². The molecule has 1 aliphatic rings. The Hall–Kier alpha value is -1.14. The zero-order chi connectivity index (χ0) is 13.5. The van der Waals surface area contributed by atoms with E-state index in [2.05, 4.69) is 6.58 Å². The number of allylic oxidation sites excluding steroid dienone is 2. The summed E-state index contributed by atoms with van der Waals surface area (Å²) in [7, 11) is 0. The van der Waals surface area contributed by atoms with Crippen LogP contribution < -0.4 is 0 Å². The van der Waals surface area contributed by atoms with Crippen LogP contribution in [0, 0.1) is 0 Å². The van der Waals surface area contributed by atoms with Crippen LogP contribution in [0.4, 0.5) is 0 Å². The van der Waals surface area contributed by atoms with Gasteiger partial charge in [0.1, 0.15) is 4.32 Å². The van der Waals surface area contributed by atoms with E-state index in [1.54, 1.807) is 6.08 Å². The first-order valence-electron chi connectivity index (χ1n) is 5.62. The Morgan fingerprint density at radius 2 is 2.22 bits per heavy atom. The van der Waals surface area contributed by atoms with Gasteiger partial charge < -0.3 is 5.11 Å². The van der Waals surface area contributed by atoms with Crippen molar-refractivity contribution in [3.05, 3.63) is 23.6 Å². The van der Waals surface area contributed by atoms with Crippen molar-refractivity contribution in [3.63, 3.8) is 0 Å². The van der Waals surface area contributed by atoms with Crippen LogP contribution in [0.15, 0.2) is 23.6 Å². The summed E-state index contributed by atoms with van der Waals surface area (Å²) in [5, 5.41) is 8.55. The molecule has 0 aliphatic carbocycles. The fraction of sp³-hybridized carbons (Fsp3) is 0.417. The minimum absolute atomic E-state index is 0.0482. The zero-order valence-electron chi connectivity index (χ0n) is 9.92. The van der Waals surface area contributed by atoms with Gasteiger partial charge in [-0.1, -0.05) is 36.1 Å². The monoisotopic (exact) mass is 285 g/mol. The minimum atomic E-state index is -0.859. The molecule has 98 valence electrons. The predicted octanol–water partition coefficient (Wildman–Crippen LogP) is 2.56. The first kappa shape index (κ1) is 14.9. The molecule has 18 heavy (non-hydrogen) atoms. The number of thiocarbonyl (C=S) groups is 1. The molecule has 1 saturated heterocycles. The van der Waals surface area contributed by atoms with Gasteiger partial charge in [0.15, 0.2) is 0 Å². The first-order chi connectivity index (χ1) is 8.56. The number of aliphatic carboxylic acids is 1. The first-order valence-corrected chi connectivity index (χ1v) is 6.85. The van der Waals surface area contributed by atoms with Gasteiger partial charge in [-0.3, -0.25) is 14.5 Å². The summed E-state index contributed by atoms with van der Waals surface area (Å²) in [5.41, 5.74) is 0. The van der Waals surface area contributed by atoms with Crippen molar-refractivity contribution in [2.24, 2.45) is 0 Å². The average Bonchev–Trinajstić information content (AvgIpc) is 2.56. The van der Waals surface area contributed by atoms with Gasteiger partial charge in [0.05, 0.1) is 4.91 Å². The summed E-state index contributed by atoms with van der Waals surface area (Å²) >= 11 is 6.39. The van der Waals surface area contributed by atoms with Crippen LogP contribution in [-0.4, -0.2) is 32.7 Å². The average molecular weight is 285 g/mol. The van der Waals surface area contributed by atoms with E-state index in [1.165, 1.54) is 16.7 Å². The van der Waals surface area contributed by atoms with Crippen LogP contribution in [0.1, 0.15) is 25.7 Å². The summed E-state index contributed by atoms with van der Waals surface area (Å²) < 4.78 is 0.509. The number of carbonyl (C=O) groups is 2. The standard InChI is InChI=1S/C12H15NO3S2/c1-2-3-4-6-9-11(16)13(12(17)18-9)8-5-7-10(14)15/h2,6H,1,3-5,7-8H2,(H,14,15)/b9-6-. The van der Waals surface area contributed by atoms with Gasteiger partial charge in [0.2, 0.25) is 0 Å². The minimum Gasteiger partial charge on any atom is -0.481 e. The lowest BCUT2D eigenvalue weighted by Crippen LogP contribution is -2.29. The highest BCUT2D eigenvalue weighted by molar-refractivity contribution is 8.26. The molecule has 0 aromatic heterocycles. The fourth-order valence-corrected chi connectivity index (χ4v) is 2.77. The second-order valence-electron chi connectivity index (χ2n) is 3.76. The van der Waals surface area contributed by atoms with Crippen LogP contribution in [0.25, 0.3) is 0 Å². The SMILES string of the molecule is C=CCC/C=C1\SC(=S)N(CCCC(=O)O)C1=O. The molecule has 1 N–H and O–H groups in total. The zero-order valence-corrected chi connectivity index (χ0v) is 11.6. The Bertz CT molecular complexity index is 404. The molecular weight excluding hydrogens is 270 g/mol. The van der Waals surface area contributed by atoms with Crippen LogP contribution in [-0.2, 0) is 9.59 Å². The third kappa shape index (κ3) is 4.27. The molecule has 1 rings (SSSR count). The van der Waals surface area contributed by atoms with Crippen LogP contribution in [0.3, 0.4) is 0 Å². The number of amides is 1. The highest BCUT2D eigenvalue weighted by Gasteiger charge is 2.31. The molecule has 0 atom stereocenters. The summed E-state index contributed by atoms with van der Waals surface area (Å²) in [6.45, 7) is 3.99. The van der Waals surface area contributed by atoms with Crippen molar-refractivity contribution in [1.29, 1.82) is 0 Å². The molecule has 0 bridgehead atoms. The molecule has 0 radical (unpaired) electrons. The molecule has 1 heterocycles.